The molecule has 3 heteroatoms. The largest absolute Gasteiger partial charge is 0.0836 e. The Bertz CT molecular complexity index is 495. The molecule has 0 nitrogen and oxygen atoms in total. The van der Waals surface area contributed by atoms with Crippen LogP contribution in [-0.2, 0) is 0 Å². The highest BCUT2D eigenvalue weighted by molar-refractivity contribution is 14.1. The second-order valence-corrected chi connectivity index (χ2v) is 5.67. The molecule has 0 aliphatic rings. The van der Waals surface area contributed by atoms with Crippen molar-refractivity contribution in [1.82, 2.24) is 0 Å². The molecule has 0 saturated heterocycles. The second-order valence-electron chi connectivity index (χ2n) is 3.61. The summed E-state index contributed by atoms with van der Waals surface area (Å²) in [7, 11) is 0. The van der Waals surface area contributed by atoms with Crippen LogP contribution in [0.1, 0.15) is 5.56 Å². The lowest BCUT2D eigenvalue weighted by Crippen LogP contribution is -1.85. The first-order chi connectivity index (χ1) is 7.58. The normalized spacial score (nSPS) is 10.5. The predicted molar refractivity (Wildman–Crippen MR) is 79.4 cm³/mol. The van der Waals surface area contributed by atoms with Crippen LogP contribution in [0.2, 0.25) is 10.0 Å². The molecule has 82 valence electrons. The Morgan fingerprint density at radius 1 is 1.00 bits per heavy atom. The molecule has 0 aliphatic heterocycles. The zero-order valence-electron chi connectivity index (χ0n) is 8.60. The smallest absolute Gasteiger partial charge is 0.0499 e. The van der Waals surface area contributed by atoms with Gasteiger partial charge in [0.15, 0.2) is 0 Å². The summed E-state index contributed by atoms with van der Waals surface area (Å²) in [6.07, 6.45) is 0. The molecule has 0 unspecified atom stereocenters. The van der Waals surface area contributed by atoms with E-state index in [4.69, 9.17) is 23.2 Å². The van der Waals surface area contributed by atoms with Gasteiger partial charge in [-0.3, -0.25) is 0 Å². The average Bonchev–Trinajstić information content (AvgIpc) is 2.15. The molecule has 2 rings (SSSR count). The van der Waals surface area contributed by atoms with Gasteiger partial charge in [0, 0.05) is 19.2 Å². The maximum atomic E-state index is 6.18. The molecule has 0 aromatic heterocycles. The van der Waals surface area contributed by atoms with Crippen molar-refractivity contribution in [3.8, 4) is 11.1 Å². The lowest BCUT2D eigenvalue weighted by Gasteiger charge is -2.08. The molecule has 0 aliphatic carbocycles. The fourth-order valence-electron chi connectivity index (χ4n) is 1.65. The molecule has 0 fully saturated rings. The van der Waals surface area contributed by atoms with Gasteiger partial charge in [-0.05, 0) is 64.9 Å². The van der Waals surface area contributed by atoms with Crippen LogP contribution in [0, 0.1) is 10.5 Å². The quantitative estimate of drug-likeness (QED) is 0.581. The Labute approximate surface area is 119 Å². The van der Waals surface area contributed by atoms with Crippen LogP contribution in [0.5, 0.6) is 0 Å². The molecule has 0 atom stereocenters. The predicted octanol–water partition coefficient (Wildman–Crippen LogP) is 5.57. The molecule has 0 radical (unpaired) electrons. The third kappa shape index (κ3) is 2.53. The number of rotatable bonds is 1. The summed E-state index contributed by atoms with van der Waals surface area (Å²) < 4.78 is 1.18. The van der Waals surface area contributed by atoms with Crippen molar-refractivity contribution in [2.24, 2.45) is 0 Å². The first kappa shape index (κ1) is 12.2. The van der Waals surface area contributed by atoms with Crippen LogP contribution in [0.15, 0.2) is 36.4 Å². The monoisotopic (exact) mass is 362 g/mol. The maximum Gasteiger partial charge on any atom is 0.0499 e. The van der Waals surface area contributed by atoms with E-state index in [2.05, 4.69) is 47.7 Å². The molecular weight excluding hydrogens is 354 g/mol. The van der Waals surface area contributed by atoms with Gasteiger partial charge in [0.2, 0.25) is 0 Å². The van der Waals surface area contributed by atoms with E-state index in [-0.39, 0.29) is 0 Å². The second kappa shape index (κ2) is 4.94. The number of benzene rings is 2. The minimum Gasteiger partial charge on any atom is -0.0836 e. The fraction of sp³-hybridized carbons (Fsp3) is 0.0769. The first-order valence-electron chi connectivity index (χ1n) is 4.79. The molecule has 0 heterocycles. The van der Waals surface area contributed by atoms with Gasteiger partial charge in [-0.2, -0.15) is 0 Å². The summed E-state index contributed by atoms with van der Waals surface area (Å²) >= 11 is 14.7. The van der Waals surface area contributed by atoms with Crippen molar-refractivity contribution in [2.75, 3.05) is 0 Å². The third-order valence-corrected chi connectivity index (χ3v) is 3.55. The minimum absolute atomic E-state index is 0.689. The van der Waals surface area contributed by atoms with E-state index in [0.717, 1.165) is 11.1 Å². The Balaban J connectivity index is 2.67. The van der Waals surface area contributed by atoms with Crippen molar-refractivity contribution >= 4 is 45.8 Å². The number of halogens is 3. The molecule has 0 saturated carbocycles. The van der Waals surface area contributed by atoms with E-state index in [9.17, 15) is 0 Å². The maximum absolute atomic E-state index is 6.18. The fourth-order valence-corrected chi connectivity index (χ4v) is 3.10. The lowest BCUT2D eigenvalue weighted by atomic mass is 10.0. The number of hydrogen-bond donors (Lipinski definition) is 0. The summed E-state index contributed by atoms with van der Waals surface area (Å²) in [5, 5.41) is 1.38. The molecule has 0 bridgehead atoms. The van der Waals surface area contributed by atoms with Crippen LogP contribution < -0.4 is 0 Å². The lowest BCUT2D eigenvalue weighted by molar-refractivity contribution is 1.44. The number of aryl methyl sites for hydroxylation is 1. The van der Waals surface area contributed by atoms with Gasteiger partial charge in [0.05, 0.1) is 0 Å². The standard InChI is InChI=1S/C13H9Cl2I/c1-8-5-9(7-10(16)6-8)13-11(14)3-2-4-12(13)15/h2-7H,1H3. The van der Waals surface area contributed by atoms with Gasteiger partial charge in [-0.25, -0.2) is 0 Å². The molecule has 0 N–H and O–H groups in total. The van der Waals surface area contributed by atoms with Gasteiger partial charge >= 0.3 is 0 Å². The van der Waals surface area contributed by atoms with Crippen molar-refractivity contribution in [2.45, 2.75) is 6.92 Å². The Morgan fingerprint density at radius 2 is 1.62 bits per heavy atom. The van der Waals surface area contributed by atoms with Crippen molar-refractivity contribution < 1.29 is 0 Å². The van der Waals surface area contributed by atoms with E-state index in [1.165, 1.54) is 9.13 Å². The average molecular weight is 363 g/mol. The van der Waals surface area contributed by atoms with Crippen molar-refractivity contribution in [3.63, 3.8) is 0 Å². The third-order valence-electron chi connectivity index (χ3n) is 2.29. The molecular formula is C13H9Cl2I. The van der Waals surface area contributed by atoms with E-state index in [1.54, 1.807) is 0 Å². The highest BCUT2D eigenvalue weighted by Gasteiger charge is 2.08. The topological polar surface area (TPSA) is 0 Å². The molecule has 2 aromatic carbocycles. The zero-order valence-corrected chi connectivity index (χ0v) is 12.3. The van der Waals surface area contributed by atoms with Gasteiger partial charge in [-0.15, -0.1) is 0 Å². The molecule has 2 aromatic rings. The van der Waals surface area contributed by atoms with E-state index < -0.39 is 0 Å². The van der Waals surface area contributed by atoms with E-state index in [1.807, 2.05) is 18.2 Å². The van der Waals surface area contributed by atoms with Crippen LogP contribution in [0.4, 0.5) is 0 Å². The Hall–Kier alpha value is -0.250. The SMILES string of the molecule is Cc1cc(I)cc(-c2c(Cl)cccc2Cl)c1. The summed E-state index contributed by atoms with van der Waals surface area (Å²) in [6, 6.07) is 11.9. The Morgan fingerprint density at radius 3 is 2.19 bits per heavy atom. The molecule has 0 amide bonds. The summed E-state index contributed by atoms with van der Waals surface area (Å²) in [4.78, 5) is 0. The van der Waals surface area contributed by atoms with Crippen LogP contribution in [0.25, 0.3) is 11.1 Å². The summed E-state index contributed by atoms with van der Waals surface area (Å²) in [6.45, 7) is 2.07. The van der Waals surface area contributed by atoms with E-state index >= 15 is 0 Å². The summed E-state index contributed by atoms with van der Waals surface area (Å²) in [5.41, 5.74) is 3.19. The molecule has 16 heavy (non-hydrogen) atoms. The van der Waals surface area contributed by atoms with Gasteiger partial charge < -0.3 is 0 Å². The highest BCUT2D eigenvalue weighted by atomic mass is 127. The van der Waals surface area contributed by atoms with Crippen molar-refractivity contribution in [3.05, 3.63) is 55.6 Å². The van der Waals surface area contributed by atoms with Crippen molar-refractivity contribution in [1.29, 1.82) is 0 Å². The van der Waals surface area contributed by atoms with Gasteiger partial charge in [0.25, 0.3) is 0 Å². The highest BCUT2D eigenvalue weighted by Crippen LogP contribution is 2.35. The summed E-state index contributed by atoms with van der Waals surface area (Å²) in [5.74, 6) is 0. The van der Waals surface area contributed by atoms with E-state index in [0.29, 0.717) is 10.0 Å². The molecule has 0 spiro atoms. The number of hydrogen-bond acceptors (Lipinski definition) is 0. The van der Waals surface area contributed by atoms with Gasteiger partial charge in [0.1, 0.15) is 0 Å². The van der Waals surface area contributed by atoms with Gasteiger partial charge in [-0.1, -0.05) is 35.3 Å². The van der Waals surface area contributed by atoms with Crippen LogP contribution in [0.3, 0.4) is 0 Å². The minimum atomic E-state index is 0.689. The van der Waals surface area contributed by atoms with Crippen LogP contribution in [-0.4, -0.2) is 0 Å². The zero-order chi connectivity index (χ0) is 11.7. The Kier molecular flexibility index (Phi) is 3.77. The van der Waals surface area contributed by atoms with Crippen LogP contribution >= 0.6 is 45.8 Å². The first-order valence-corrected chi connectivity index (χ1v) is 6.63.